The van der Waals surface area contributed by atoms with Crippen molar-refractivity contribution in [2.24, 2.45) is 20.0 Å². The zero-order valence-electron chi connectivity index (χ0n) is 15.1. The van der Waals surface area contributed by atoms with E-state index in [0.29, 0.717) is 5.92 Å². The van der Waals surface area contributed by atoms with Gasteiger partial charge in [-0.2, -0.15) is 0 Å². The van der Waals surface area contributed by atoms with Gasteiger partial charge in [-0.3, -0.25) is 4.90 Å². The van der Waals surface area contributed by atoms with Gasteiger partial charge in [-0.1, -0.05) is 6.07 Å². The summed E-state index contributed by atoms with van der Waals surface area (Å²) >= 11 is 0. The maximum absolute atomic E-state index is 5.88. The third-order valence-corrected chi connectivity index (χ3v) is 5.20. The molecular formula is C20H26N4O. The molecule has 1 aliphatic rings. The van der Waals surface area contributed by atoms with Crippen LogP contribution in [0.5, 0.6) is 0 Å². The van der Waals surface area contributed by atoms with Crippen molar-refractivity contribution in [1.29, 1.82) is 0 Å². The molecule has 3 heterocycles. The number of rotatable bonds is 4. The summed E-state index contributed by atoms with van der Waals surface area (Å²) in [6, 6.07) is 9.01. The van der Waals surface area contributed by atoms with E-state index >= 15 is 0 Å². The van der Waals surface area contributed by atoms with E-state index in [1.807, 2.05) is 12.5 Å². The largest absolute Gasteiger partial charge is 0.380 e. The average molecular weight is 338 g/mol. The Balaban J connectivity index is 1.45. The molecule has 0 bridgehead atoms. The van der Waals surface area contributed by atoms with Crippen molar-refractivity contribution in [3.05, 3.63) is 54.2 Å². The lowest BCUT2D eigenvalue weighted by Crippen LogP contribution is -2.31. The fraction of sp³-hybridized carbons (Fsp3) is 0.450. The van der Waals surface area contributed by atoms with Gasteiger partial charge in [0.05, 0.1) is 25.2 Å². The van der Waals surface area contributed by atoms with Crippen LogP contribution in [0.1, 0.15) is 11.3 Å². The normalized spacial score (nSPS) is 19.4. The van der Waals surface area contributed by atoms with Crippen molar-refractivity contribution in [1.82, 2.24) is 19.0 Å². The molecule has 0 radical (unpaired) electrons. The van der Waals surface area contributed by atoms with Gasteiger partial charge in [0, 0.05) is 51.6 Å². The van der Waals surface area contributed by atoms with Gasteiger partial charge in [0.25, 0.3) is 0 Å². The van der Waals surface area contributed by atoms with Crippen LogP contribution in [0.25, 0.3) is 10.9 Å². The summed E-state index contributed by atoms with van der Waals surface area (Å²) in [4.78, 5) is 6.73. The highest BCUT2D eigenvalue weighted by atomic mass is 16.5. The van der Waals surface area contributed by atoms with Crippen molar-refractivity contribution in [3.63, 3.8) is 0 Å². The molecule has 1 aliphatic heterocycles. The van der Waals surface area contributed by atoms with E-state index in [1.54, 1.807) is 0 Å². The summed E-state index contributed by atoms with van der Waals surface area (Å²) in [5, 5.41) is 1.32. The number of hydrogen-bond donors (Lipinski definition) is 0. The molecule has 1 aromatic carbocycles. The topological polar surface area (TPSA) is 35.2 Å². The third kappa shape index (κ3) is 3.62. The molecule has 3 aromatic rings. The van der Waals surface area contributed by atoms with Gasteiger partial charge in [0.15, 0.2) is 0 Å². The molecule has 132 valence electrons. The van der Waals surface area contributed by atoms with Crippen LogP contribution in [0.3, 0.4) is 0 Å². The molecule has 0 amide bonds. The predicted molar refractivity (Wildman–Crippen MR) is 99.4 cm³/mol. The fourth-order valence-electron chi connectivity index (χ4n) is 3.78. The molecule has 4 rings (SSSR count). The Morgan fingerprint density at radius 3 is 2.96 bits per heavy atom. The molecule has 0 spiro atoms. The van der Waals surface area contributed by atoms with Crippen LogP contribution in [0.2, 0.25) is 0 Å². The Morgan fingerprint density at radius 1 is 1.20 bits per heavy atom. The average Bonchev–Trinajstić information content (AvgIpc) is 3.09. The van der Waals surface area contributed by atoms with Crippen molar-refractivity contribution in [2.75, 3.05) is 26.3 Å². The van der Waals surface area contributed by atoms with Crippen molar-refractivity contribution < 1.29 is 4.74 Å². The van der Waals surface area contributed by atoms with Gasteiger partial charge >= 0.3 is 0 Å². The van der Waals surface area contributed by atoms with Crippen molar-refractivity contribution >= 4 is 10.9 Å². The zero-order chi connectivity index (χ0) is 17.2. The van der Waals surface area contributed by atoms with E-state index in [4.69, 9.17) is 4.74 Å². The van der Waals surface area contributed by atoms with Crippen LogP contribution >= 0.6 is 0 Å². The van der Waals surface area contributed by atoms with E-state index in [-0.39, 0.29) is 0 Å². The summed E-state index contributed by atoms with van der Waals surface area (Å²) < 4.78 is 10.2. The van der Waals surface area contributed by atoms with Gasteiger partial charge in [-0.15, -0.1) is 0 Å². The van der Waals surface area contributed by atoms with Crippen molar-refractivity contribution in [3.8, 4) is 0 Å². The Labute approximate surface area is 148 Å². The lowest BCUT2D eigenvalue weighted by molar-refractivity contribution is 0.121. The number of imidazole rings is 1. The maximum atomic E-state index is 5.88. The Bertz CT molecular complexity index is 850. The quantitative estimate of drug-likeness (QED) is 0.733. The Morgan fingerprint density at radius 2 is 2.12 bits per heavy atom. The summed E-state index contributed by atoms with van der Waals surface area (Å²) in [5.41, 5.74) is 3.94. The third-order valence-electron chi connectivity index (χ3n) is 5.20. The summed E-state index contributed by atoms with van der Waals surface area (Å²) in [5.74, 6) is 0.525. The van der Waals surface area contributed by atoms with E-state index < -0.39 is 0 Å². The van der Waals surface area contributed by atoms with Crippen LogP contribution < -0.4 is 0 Å². The van der Waals surface area contributed by atoms with Crippen LogP contribution in [0, 0.1) is 5.92 Å². The number of fused-ring (bicyclic) bond motifs is 1. The van der Waals surface area contributed by atoms with Gasteiger partial charge in [0.2, 0.25) is 0 Å². The number of nitrogens with zero attached hydrogens (tertiary/aromatic N) is 4. The maximum Gasteiger partial charge on any atom is 0.0945 e. The lowest BCUT2D eigenvalue weighted by atomic mass is 9.98. The molecule has 2 aromatic heterocycles. The molecule has 25 heavy (non-hydrogen) atoms. The van der Waals surface area contributed by atoms with Crippen LogP contribution in [-0.2, 0) is 31.8 Å². The first-order valence-corrected chi connectivity index (χ1v) is 8.98. The van der Waals surface area contributed by atoms with Gasteiger partial charge in [0.1, 0.15) is 0 Å². The molecule has 1 fully saturated rings. The van der Waals surface area contributed by atoms with Crippen LogP contribution in [0.4, 0.5) is 0 Å². The monoisotopic (exact) mass is 338 g/mol. The minimum atomic E-state index is 0.525. The minimum Gasteiger partial charge on any atom is -0.380 e. The molecule has 5 nitrogen and oxygen atoms in total. The molecule has 0 aliphatic carbocycles. The van der Waals surface area contributed by atoms with E-state index in [0.717, 1.165) is 39.3 Å². The minimum absolute atomic E-state index is 0.525. The summed E-state index contributed by atoms with van der Waals surface area (Å²) in [6.45, 7) is 4.65. The highest BCUT2D eigenvalue weighted by molar-refractivity contribution is 5.80. The number of ether oxygens (including phenoxy) is 1. The molecule has 1 unspecified atom stereocenters. The second-order valence-corrected chi connectivity index (χ2v) is 7.20. The van der Waals surface area contributed by atoms with Gasteiger partial charge in [-0.05, 0) is 41.5 Å². The predicted octanol–water partition coefficient (Wildman–Crippen LogP) is 2.60. The zero-order valence-corrected chi connectivity index (χ0v) is 15.1. The first-order valence-electron chi connectivity index (χ1n) is 8.98. The molecule has 1 saturated heterocycles. The molecule has 0 N–H and O–H groups in total. The van der Waals surface area contributed by atoms with Crippen molar-refractivity contribution in [2.45, 2.75) is 13.0 Å². The molecule has 5 heteroatoms. The van der Waals surface area contributed by atoms with Crippen LogP contribution in [-0.4, -0.2) is 45.3 Å². The highest BCUT2D eigenvalue weighted by Crippen LogP contribution is 2.21. The van der Waals surface area contributed by atoms with Gasteiger partial charge in [-0.25, -0.2) is 4.98 Å². The highest BCUT2D eigenvalue weighted by Gasteiger charge is 2.20. The van der Waals surface area contributed by atoms with E-state index in [2.05, 4.69) is 63.6 Å². The first-order chi connectivity index (χ1) is 12.2. The smallest absolute Gasteiger partial charge is 0.0945 e. The fourth-order valence-corrected chi connectivity index (χ4v) is 3.78. The molecule has 1 atom stereocenters. The number of hydrogen-bond acceptors (Lipinski definition) is 3. The standard InChI is InChI=1S/C20H26N4O/c1-22-6-5-18-10-16(3-4-20(18)22)9-17-12-24(7-8-25-14-17)13-19-11-21-15-23(19)2/h3-6,10-11,15,17H,7-9,12-14H2,1-2H3. The van der Waals surface area contributed by atoms with Gasteiger partial charge < -0.3 is 13.9 Å². The number of aryl methyl sites for hydroxylation is 2. The lowest BCUT2D eigenvalue weighted by Gasteiger charge is -2.23. The number of benzene rings is 1. The Hall–Kier alpha value is -2.11. The molecular weight excluding hydrogens is 312 g/mol. The SMILES string of the molecule is Cn1cncc1CN1CCOCC(Cc2ccc3c(ccn3C)c2)C1. The van der Waals surface area contributed by atoms with Crippen LogP contribution in [0.15, 0.2) is 43.0 Å². The van der Waals surface area contributed by atoms with E-state index in [9.17, 15) is 0 Å². The molecule has 0 saturated carbocycles. The first kappa shape index (κ1) is 16.4. The summed E-state index contributed by atoms with van der Waals surface area (Å²) in [7, 11) is 4.15. The second-order valence-electron chi connectivity index (χ2n) is 7.20. The Kier molecular flexibility index (Phi) is 4.59. The van der Waals surface area contributed by atoms with E-state index in [1.165, 1.54) is 22.2 Å². The number of aromatic nitrogens is 3. The summed E-state index contributed by atoms with van der Waals surface area (Å²) in [6.07, 6.45) is 7.02. The second kappa shape index (κ2) is 7.02.